The molecular formula is C22H22N2O3S. The van der Waals surface area contributed by atoms with Gasteiger partial charge in [0.2, 0.25) is 11.8 Å². The molecule has 1 aromatic carbocycles. The molecule has 6 heteroatoms. The molecule has 2 amide bonds. The maximum Gasteiger partial charge on any atom is 0.230 e. The van der Waals surface area contributed by atoms with Gasteiger partial charge < -0.3 is 15.0 Å². The van der Waals surface area contributed by atoms with Gasteiger partial charge in [0.1, 0.15) is 5.60 Å². The first-order chi connectivity index (χ1) is 13.7. The van der Waals surface area contributed by atoms with E-state index in [2.05, 4.69) is 5.32 Å². The van der Waals surface area contributed by atoms with Crippen LogP contribution in [0.1, 0.15) is 10.4 Å². The number of ether oxygens (including phenoxy) is 1. The molecular weight excluding hydrogens is 372 g/mol. The van der Waals surface area contributed by atoms with E-state index in [1.54, 1.807) is 11.3 Å². The molecule has 0 unspecified atom stereocenters. The SMILES string of the molecule is O=C(NCCc1ccccc1)[C@@H]1[C@H]2C=C[C@]3(CN(Cc4cccs4)C(=O)[C@@H]13)O2. The second-order valence-electron chi connectivity index (χ2n) is 7.70. The Balaban J connectivity index is 1.27. The lowest BCUT2D eigenvalue weighted by molar-refractivity contribution is -0.137. The highest BCUT2D eigenvalue weighted by Gasteiger charge is 2.66. The summed E-state index contributed by atoms with van der Waals surface area (Å²) in [7, 11) is 0. The van der Waals surface area contributed by atoms with E-state index in [-0.39, 0.29) is 17.9 Å². The Hall–Kier alpha value is -2.44. The van der Waals surface area contributed by atoms with Crippen LogP contribution in [0.2, 0.25) is 0 Å². The quantitative estimate of drug-likeness (QED) is 0.766. The normalized spacial score (nSPS) is 30.1. The first-order valence-electron chi connectivity index (χ1n) is 9.66. The number of rotatable bonds is 6. The predicted octanol–water partition coefficient (Wildman–Crippen LogP) is 2.39. The smallest absolute Gasteiger partial charge is 0.230 e. The van der Waals surface area contributed by atoms with Crippen molar-refractivity contribution in [1.82, 2.24) is 10.2 Å². The van der Waals surface area contributed by atoms with Gasteiger partial charge in [0.15, 0.2) is 0 Å². The van der Waals surface area contributed by atoms with E-state index in [1.807, 2.05) is 64.9 Å². The molecule has 2 aromatic rings. The van der Waals surface area contributed by atoms with E-state index in [9.17, 15) is 9.59 Å². The van der Waals surface area contributed by atoms with Crippen LogP contribution in [0.4, 0.5) is 0 Å². The van der Waals surface area contributed by atoms with Crippen LogP contribution in [0.15, 0.2) is 60.0 Å². The number of nitrogens with one attached hydrogen (secondary N) is 1. The number of nitrogens with zero attached hydrogens (tertiary/aromatic N) is 1. The summed E-state index contributed by atoms with van der Waals surface area (Å²) < 4.78 is 6.17. The molecule has 2 fully saturated rings. The van der Waals surface area contributed by atoms with Crippen molar-refractivity contribution in [1.29, 1.82) is 0 Å². The Morgan fingerprint density at radius 3 is 2.89 bits per heavy atom. The van der Waals surface area contributed by atoms with Crippen molar-refractivity contribution in [2.75, 3.05) is 13.1 Å². The second kappa shape index (κ2) is 6.87. The Bertz CT molecular complexity index is 911. The van der Waals surface area contributed by atoms with Crippen molar-refractivity contribution < 1.29 is 14.3 Å². The number of thiophene rings is 1. The molecule has 4 atom stereocenters. The summed E-state index contributed by atoms with van der Waals surface area (Å²) in [5.74, 6) is -0.910. The molecule has 3 aliphatic heterocycles. The van der Waals surface area contributed by atoms with Crippen molar-refractivity contribution in [3.05, 3.63) is 70.4 Å². The minimum absolute atomic E-state index is 0.0310. The number of carbonyl (C=O) groups excluding carboxylic acids is 2. The first-order valence-corrected chi connectivity index (χ1v) is 10.5. The van der Waals surface area contributed by atoms with Gasteiger partial charge in [-0.25, -0.2) is 0 Å². The zero-order chi connectivity index (χ0) is 19.1. The fourth-order valence-electron chi connectivity index (χ4n) is 4.69. The average molecular weight is 394 g/mol. The largest absolute Gasteiger partial charge is 0.360 e. The number of benzene rings is 1. The molecule has 2 saturated heterocycles. The first kappa shape index (κ1) is 17.6. The molecule has 1 N–H and O–H groups in total. The van der Waals surface area contributed by atoms with Gasteiger partial charge in [0.05, 0.1) is 31.0 Å². The summed E-state index contributed by atoms with van der Waals surface area (Å²) in [6.07, 6.45) is 4.44. The Morgan fingerprint density at radius 1 is 1.25 bits per heavy atom. The maximum atomic E-state index is 13.1. The summed E-state index contributed by atoms with van der Waals surface area (Å²) in [6.45, 7) is 1.66. The highest BCUT2D eigenvalue weighted by Crippen LogP contribution is 2.52. The van der Waals surface area contributed by atoms with Gasteiger partial charge in [-0.1, -0.05) is 48.6 Å². The number of hydrogen-bond donors (Lipinski definition) is 1. The van der Waals surface area contributed by atoms with Crippen molar-refractivity contribution >= 4 is 23.2 Å². The summed E-state index contributed by atoms with van der Waals surface area (Å²) >= 11 is 1.64. The lowest BCUT2D eigenvalue weighted by Gasteiger charge is -2.23. The van der Waals surface area contributed by atoms with E-state index in [0.29, 0.717) is 19.6 Å². The van der Waals surface area contributed by atoms with Crippen LogP contribution in [-0.4, -0.2) is 41.5 Å². The number of hydrogen-bond acceptors (Lipinski definition) is 4. The molecule has 4 heterocycles. The Labute approximate surface area is 168 Å². The third kappa shape index (κ3) is 2.88. The van der Waals surface area contributed by atoms with E-state index < -0.39 is 17.4 Å². The minimum atomic E-state index is -0.638. The van der Waals surface area contributed by atoms with Gasteiger partial charge in [-0.3, -0.25) is 9.59 Å². The molecule has 144 valence electrons. The van der Waals surface area contributed by atoms with Crippen LogP contribution in [0.5, 0.6) is 0 Å². The molecule has 0 radical (unpaired) electrons. The molecule has 28 heavy (non-hydrogen) atoms. The second-order valence-corrected chi connectivity index (χ2v) is 8.73. The molecule has 5 nitrogen and oxygen atoms in total. The molecule has 0 saturated carbocycles. The molecule has 1 spiro atoms. The minimum Gasteiger partial charge on any atom is -0.360 e. The van der Waals surface area contributed by atoms with Crippen molar-refractivity contribution in [3.63, 3.8) is 0 Å². The average Bonchev–Trinajstić information content (AvgIpc) is 3.46. The van der Waals surface area contributed by atoms with Gasteiger partial charge >= 0.3 is 0 Å². The van der Waals surface area contributed by atoms with Crippen LogP contribution in [0.25, 0.3) is 0 Å². The van der Waals surface area contributed by atoms with Gasteiger partial charge in [-0.15, -0.1) is 11.3 Å². The number of fused-ring (bicyclic) bond motifs is 1. The topological polar surface area (TPSA) is 58.6 Å². The van der Waals surface area contributed by atoms with Crippen LogP contribution in [0, 0.1) is 11.8 Å². The third-order valence-corrected chi connectivity index (χ3v) is 6.83. The van der Waals surface area contributed by atoms with Crippen LogP contribution < -0.4 is 5.32 Å². The summed E-state index contributed by atoms with van der Waals surface area (Å²) in [6, 6.07) is 14.1. The van der Waals surface area contributed by atoms with Gasteiger partial charge in [-0.05, 0) is 23.4 Å². The highest BCUT2D eigenvalue weighted by molar-refractivity contribution is 7.09. The molecule has 3 aliphatic rings. The monoisotopic (exact) mass is 394 g/mol. The van der Waals surface area contributed by atoms with E-state index in [1.165, 1.54) is 5.56 Å². The van der Waals surface area contributed by atoms with E-state index in [0.717, 1.165) is 11.3 Å². The fraction of sp³-hybridized carbons (Fsp3) is 0.364. The number of amides is 2. The molecule has 1 aromatic heterocycles. The molecule has 5 rings (SSSR count). The molecule has 2 bridgehead atoms. The van der Waals surface area contributed by atoms with Crippen molar-refractivity contribution in [2.24, 2.45) is 11.8 Å². The van der Waals surface area contributed by atoms with Crippen LogP contribution >= 0.6 is 11.3 Å². The Morgan fingerprint density at radius 2 is 2.11 bits per heavy atom. The summed E-state index contributed by atoms with van der Waals surface area (Å²) in [5, 5.41) is 5.04. The van der Waals surface area contributed by atoms with Gasteiger partial charge in [0, 0.05) is 11.4 Å². The lowest BCUT2D eigenvalue weighted by atomic mass is 9.77. The van der Waals surface area contributed by atoms with Gasteiger partial charge in [-0.2, -0.15) is 0 Å². The maximum absolute atomic E-state index is 13.1. The van der Waals surface area contributed by atoms with Crippen LogP contribution in [0.3, 0.4) is 0 Å². The molecule has 0 aliphatic carbocycles. The summed E-state index contributed by atoms with van der Waals surface area (Å²) in [5.41, 5.74) is 0.544. The fourth-order valence-corrected chi connectivity index (χ4v) is 5.41. The zero-order valence-corrected chi connectivity index (χ0v) is 16.2. The zero-order valence-electron chi connectivity index (χ0n) is 15.4. The number of likely N-dealkylation sites (tertiary alicyclic amines) is 1. The van der Waals surface area contributed by atoms with Gasteiger partial charge in [0.25, 0.3) is 0 Å². The van der Waals surface area contributed by atoms with E-state index in [4.69, 9.17) is 4.74 Å². The highest BCUT2D eigenvalue weighted by atomic mass is 32.1. The Kier molecular flexibility index (Phi) is 4.33. The van der Waals surface area contributed by atoms with Crippen molar-refractivity contribution in [3.8, 4) is 0 Å². The van der Waals surface area contributed by atoms with Crippen LogP contribution in [-0.2, 0) is 27.3 Å². The van der Waals surface area contributed by atoms with E-state index >= 15 is 0 Å². The van der Waals surface area contributed by atoms with Crippen molar-refractivity contribution in [2.45, 2.75) is 24.7 Å². The lowest BCUT2D eigenvalue weighted by Crippen LogP contribution is -2.44. The number of carbonyl (C=O) groups is 2. The third-order valence-electron chi connectivity index (χ3n) is 5.96. The summed E-state index contributed by atoms with van der Waals surface area (Å²) in [4.78, 5) is 29.1. The predicted molar refractivity (Wildman–Crippen MR) is 107 cm³/mol. The standard InChI is InChI=1S/C22H22N2O3S/c25-20(23-11-9-15-5-2-1-3-6-15)18-17-8-10-22(27-17)14-24(21(26)19(18)22)13-16-7-4-12-28-16/h1-8,10,12,17-19H,9,11,13-14H2,(H,23,25)/t17-,18-,19-,22-/m1/s1.